The zero-order chi connectivity index (χ0) is 26.1. The molecular weight excluding hydrogens is 478 g/mol. The SMILES string of the molecule is CCC(=O)Oc1cccc2c1oc1c(CCNC(=O)OCC3c4ccccc4-c4ccccc43)cccc12. The third kappa shape index (κ3) is 4.28. The monoisotopic (exact) mass is 505 g/mol. The maximum absolute atomic E-state index is 12.6. The highest BCUT2D eigenvalue weighted by atomic mass is 16.5. The lowest BCUT2D eigenvalue weighted by atomic mass is 9.98. The molecule has 6 rings (SSSR count). The maximum atomic E-state index is 12.6. The van der Waals surface area contributed by atoms with Gasteiger partial charge in [0.25, 0.3) is 0 Å². The van der Waals surface area contributed by atoms with Gasteiger partial charge in [-0.15, -0.1) is 0 Å². The van der Waals surface area contributed by atoms with Crippen LogP contribution in [0.25, 0.3) is 33.1 Å². The van der Waals surface area contributed by atoms with Crippen LogP contribution in [0.2, 0.25) is 0 Å². The number of rotatable bonds is 7. The minimum Gasteiger partial charge on any atom is -0.452 e. The molecule has 0 atom stereocenters. The van der Waals surface area contributed by atoms with Gasteiger partial charge in [0.2, 0.25) is 0 Å². The van der Waals surface area contributed by atoms with Crippen LogP contribution in [0.15, 0.2) is 89.3 Å². The molecule has 0 unspecified atom stereocenters. The second-order valence-corrected chi connectivity index (χ2v) is 9.36. The largest absolute Gasteiger partial charge is 0.452 e. The van der Waals surface area contributed by atoms with E-state index in [0.29, 0.717) is 24.3 Å². The van der Waals surface area contributed by atoms with Crippen LogP contribution < -0.4 is 10.1 Å². The molecule has 0 radical (unpaired) electrons. The van der Waals surface area contributed by atoms with E-state index in [1.807, 2.05) is 54.6 Å². The average Bonchev–Trinajstić information content (AvgIpc) is 3.49. The number of para-hydroxylation sites is 2. The van der Waals surface area contributed by atoms with Gasteiger partial charge < -0.3 is 19.2 Å². The van der Waals surface area contributed by atoms with E-state index in [4.69, 9.17) is 13.9 Å². The molecule has 1 aliphatic carbocycles. The van der Waals surface area contributed by atoms with Gasteiger partial charge in [0, 0.05) is 29.7 Å². The Bertz CT molecular complexity index is 1620. The summed E-state index contributed by atoms with van der Waals surface area (Å²) >= 11 is 0. The second-order valence-electron chi connectivity index (χ2n) is 9.36. The van der Waals surface area contributed by atoms with Gasteiger partial charge in [0.1, 0.15) is 12.2 Å². The molecule has 0 saturated carbocycles. The van der Waals surface area contributed by atoms with Gasteiger partial charge in [-0.1, -0.05) is 85.8 Å². The van der Waals surface area contributed by atoms with Crippen LogP contribution in [0.4, 0.5) is 4.79 Å². The van der Waals surface area contributed by atoms with Gasteiger partial charge in [-0.25, -0.2) is 4.79 Å². The smallest absolute Gasteiger partial charge is 0.407 e. The van der Waals surface area contributed by atoms with Gasteiger partial charge >= 0.3 is 12.1 Å². The van der Waals surface area contributed by atoms with E-state index in [1.165, 1.54) is 22.3 Å². The van der Waals surface area contributed by atoms with Gasteiger partial charge in [-0.3, -0.25) is 4.79 Å². The van der Waals surface area contributed by atoms with Crippen molar-refractivity contribution in [3.05, 3.63) is 102 Å². The van der Waals surface area contributed by atoms with Gasteiger partial charge in [0.15, 0.2) is 11.3 Å². The van der Waals surface area contributed by atoms with Gasteiger partial charge in [-0.05, 0) is 40.3 Å². The van der Waals surface area contributed by atoms with E-state index in [-0.39, 0.29) is 24.9 Å². The number of fused-ring (bicyclic) bond motifs is 6. The van der Waals surface area contributed by atoms with E-state index in [9.17, 15) is 9.59 Å². The number of carbonyl (C=O) groups is 2. The summed E-state index contributed by atoms with van der Waals surface area (Å²) in [6.07, 6.45) is 0.395. The van der Waals surface area contributed by atoms with Crippen molar-refractivity contribution in [2.75, 3.05) is 13.2 Å². The fraction of sp³-hybridized carbons (Fsp3) is 0.188. The van der Waals surface area contributed by atoms with Crippen molar-refractivity contribution in [3.63, 3.8) is 0 Å². The van der Waals surface area contributed by atoms with Crippen LogP contribution in [-0.4, -0.2) is 25.2 Å². The Morgan fingerprint density at radius 1 is 0.816 bits per heavy atom. The number of alkyl carbamates (subject to hydrolysis) is 1. The summed E-state index contributed by atoms with van der Waals surface area (Å²) in [7, 11) is 0. The van der Waals surface area contributed by atoms with Crippen molar-refractivity contribution in [1.82, 2.24) is 5.32 Å². The maximum Gasteiger partial charge on any atom is 0.407 e. The lowest BCUT2D eigenvalue weighted by Gasteiger charge is -2.14. The molecule has 0 bridgehead atoms. The predicted molar refractivity (Wildman–Crippen MR) is 146 cm³/mol. The third-order valence-corrected chi connectivity index (χ3v) is 7.09. The number of esters is 1. The van der Waals surface area contributed by atoms with Crippen molar-refractivity contribution in [2.45, 2.75) is 25.7 Å². The van der Waals surface area contributed by atoms with E-state index >= 15 is 0 Å². The number of nitrogens with one attached hydrogen (secondary N) is 1. The highest BCUT2D eigenvalue weighted by Gasteiger charge is 2.29. The predicted octanol–water partition coefficient (Wildman–Crippen LogP) is 6.98. The zero-order valence-corrected chi connectivity index (χ0v) is 21.0. The summed E-state index contributed by atoms with van der Waals surface area (Å²) in [5.41, 5.74) is 6.97. The Labute approximate surface area is 220 Å². The molecule has 5 aromatic rings. The number of hydrogen-bond donors (Lipinski definition) is 1. The Kier molecular flexibility index (Phi) is 6.30. The Morgan fingerprint density at radius 2 is 1.47 bits per heavy atom. The standard InChI is InChI=1S/C32H27NO5/c1-2-29(34)37-28-16-8-15-26-25-14-7-9-20(30(25)38-31(26)28)17-18-33-32(35)36-19-27-23-12-5-3-10-21(23)22-11-4-6-13-24(22)27/h3-16,27H,2,17-19H2,1H3,(H,33,35). The van der Waals surface area contributed by atoms with E-state index < -0.39 is 6.09 Å². The summed E-state index contributed by atoms with van der Waals surface area (Å²) in [5.74, 6) is 0.118. The number of benzene rings is 4. The van der Waals surface area contributed by atoms with Crippen LogP contribution in [-0.2, 0) is 16.0 Å². The minimum atomic E-state index is -0.447. The molecule has 0 spiro atoms. The first-order valence-electron chi connectivity index (χ1n) is 12.9. The lowest BCUT2D eigenvalue weighted by Crippen LogP contribution is -2.28. The first-order valence-corrected chi connectivity index (χ1v) is 12.9. The molecule has 6 nitrogen and oxygen atoms in total. The summed E-state index contributed by atoms with van der Waals surface area (Å²) in [4.78, 5) is 24.4. The van der Waals surface area contributed by atoms with E-state index in [1.54, 1.807) is 13.0 Å². The number of furan rings is 1. The minimum absolute atomic E-state index is 0.0217. The van der Waals surface area contributed by atoms with Crippen LogP contribution in [0.5, 0.6) is 5.75 Å². The summed E-state index contributed by atoms with van der Waals surface area (Å²) in [5, 5.41) is 4.69. The molecule has 1 heterocycles. The molecule has 0 aliphatic heterocycles. The fourth-order valence-electron chi connectivity index (χ4n) is 5.27. The van der Waals surface area contributed by atoms with Gasteiger partial charge in [-0.2, -0.15) is 0 Å². The number of ether oxygens (including phenoxy) is 2. The molecule has 0 saturated heterocycles. The van der Waals surface area contributed by atoms with Crippen molar-refractivity contribution in [2.24, 2.45) is 0 Å². The van der Waals surface area contributed by atoms with E-state index in [0.717, 1.165) is 21.9 Å². The normalized spacial score (nSPS) is 12.3. The lowest BCUT2D eigenvalue weighted by molar-refractivity contribution is -0.133. The molecular formula is C32H27NO5. The van der Waals surface area contributed by atoms with Gasteiger partial charge in [0.05, 0.1) is 0 Å². The van der Waals surface area contributed by atoms with Crippen molar-refractivity contribution in [1.29, 1.82) is 0 Å². The second kappa shape index (κ2) is 10.1. The molecule has 1 aromatic heterocycles. The summed E-state index contributed by atoms with van der Waals surface area (Å²) in [6, 6.07) is 28.0. The Balaban J connectivity index is 1.12. The molecule has 6 heteroatoms. The molecule has 4 aromatic carbocycles. The highest BCUT2D eigenvalue weighted by Crippen LogP contribution is 2.44. The number of amides is 1. The number of carbonyl (C=O) groups excluding carboxylic acids is 2. The zero-order valence-electron chi connectivity index (χ0n) is 21.0. The Hall–Kier alpha value is -4.58. The topological polar surface area (TPSA) is 77.8 Å². The molecule has 1 aliphatic rings. The molecule has 1 amide bonds. The Morgan fingerprint density at radius 3 is 2.18 bits per heavy atom. The van der Waals surface area contributed by atoms with E-state index in [2.05, 4.69) is 29.6 Å². The van der Waals surface area contributed by atoms with Crippen LogP contribution >= 0.6 is 0 Å². The van der Waals surface area contributed by atoms with Crippen LogP contribution in [0.1, 0.15) is 36.0 Å². The van der Waals surface area contributed by atoms with Crippen LogP contribution in [0.3, 0.4) is 0 Å². The first kappa shape index (κ1) is 23.8. The molecule has 38 heavy (non-hydrogen) atoms. The van der Waals surface area contributed by atoms with Crippen molar-refractivity contribution < 1.29 is 23.5 Å². The fourth-order valence-corrected chi connectivity index (χ4v) is 5.27. The highest BCUT2D eigenvalue weighted by molar-refractivity contribution is 6.08. The number of hydrogen-bond acceptors (Lipinski definition) is 5. The summed E-state index contributed by atoms with van der Waals surface area (Å²) in [6.45, 7) is 2.42. The van der Waals surface area contributed by atoms with Crippen LogP contribution in [0, 0.1) is 0 Å². The quantitative estimate of drug-likeness (QED) is 0.191. The summed E-state index contributed by atoms with van der Waals surface area (Å²) < 4.78 is 17.3. The average molecular weight is 506 g/mol. The molecule has 190 valence electrons. The van der Waals surface area contributed by atoms with Crippen molar-refractivity contribution >= 4 is 34.0 Å². The molecule has 0 fully saturated rings. The third-order valence-electron chi connectivity index (χ3n) is 7.09. The first-order chi connectivity index (χ1) is 18.6. The molecule has 1 N–H and O–H groups in total. The van der Waals surface area contributed by atoms with Crippen molar-refractivity contribution in [3.8, 4) is 16.9 Å².